The zero-order valence-corrected chi connectivity index (χ0v) is 35.2. The monoisotopic (exact) mass is 808 g/mol. The smallest absolute Gasteiger partial charge is 0.160 e. The number of aromatic nitrogens is 2. The predicted octanol–water partition coefficient (Wildman–Crippen LogP) is 16.3. The van der Waals surface area contributed by atoms with Crippen molar-refractivity contribution in [3.05, 3.63) is 217 Å². The summed E-state index contributed by atoms with van der Waals surface area (Å²) in [5.74, 6) is 0.705. The van der Waals surface area contributed by atoms with Gasteiger partial charge in [-0.05, 0) is 103 Å². The molecule has 62 heavy (non-hydrogen) atoms. The van der Waals surface area contributed by atoms with Crippen LogP contribution in [-0.4, -0.2) is 9.97 Å². The lowest BCUT2D eigenvalue weighted by Gasteiger charge is -2.22. The van der Waals surface area contributed by atoms with Crippen molar-refractivity contribution >= 4 is 42.3 Å². The Bertz CT molecular complexity index is 3540. The second-order valence-electron chi connectivity index (χ2n) is 16.9. The number of thiophene rings is 1. The maximum atomic E-state index is 5.40. The zero-order chi connectivity index (χ0) is 41.4. The first-order chi connectivity index (χ1) is 30.5. The molecule has 11 aromatic rings. The van der Waals surface area contributed by atoms with Crippen LogP contribution in [0.3, 0.4) is 0 Å². The highest BCUT2D eigenvalue weighted by molar-refractivity contribution is 7.26. The van der Waals surface area contributed by atoms with Crippen LogP contribution in [-0.2, 0) is 5.41 Å². The van der Waals surface area contributed by atoms with Gasteiger partial charge >= 0.3 is 0 Å². The van der Waals surface area contributed by atoms with Gasteiger partial charge in [-0.2, -0.15) is 0 Å². The third-order valence-electron chi connectivity index (χ3n) is 12.9. The van der Waals surface area contributed by atoms with E-state index in [9.17, 15) is 0 Å². The van der Waals surface area contributed by atoms with Gasteiger partial charge in [0, 0.05) is 42.3 Å². The Morgan fingerprint density at radius 1 is 0.371 bits per heavy atom. The summed E-state index contributed by atoms with van der Waals surface area (Å²) in [6.45, 7) is 4.71. The molecule has 3 heteroatoms. The molecule has 0 unspecified atom stereocenters. The van der Waals surface area contributed by atoms with Gasteiger partial charge in [-0.15, -0.1) is 11.3 Å². The molecule has 2 nitrogen and oxygen atoms in total. The molecule has 0 bridgehead atoms. The average Bonchev–Trinajstić information content (AvgIpc) is 3.83. The van der Waals surface area contributed by atoms with Crippen molar-refractivity contribution in [3.63, 3.8) is 0 Å². The highest BCUT2D eigenvalue weighted by Crippen LogP contribution is 2.53. The Balaban J connectivity index is 1.08. The minimum atomic E-state index is -0.196. The van der Waals surface area contributed by atoms with E-state index in [1.54, 1.807) is 0 Å². The summed E-state index contributed by atoms with van der Waals surface area (Å²) in [6, 6.07) is 74.9. The summed E-state index contributed by atoms with van der Waals surface area (Å²) in [4.78, 5) is 10.7. The van der Waals surface area contributed by atoms with Crippen molar-refractivity contribution in [2.75, 3.05) is 0 Å². The minimum absolute atomic E-state index is 0.196. The van der Waals surface area contributed by atoms with Gasteiger partial charge in [0.2, 0.25) is 0 Å². The maximum Gasteiger partial charge on any atom is 0.160 e. The second kappa shape index (κ2) is 14.3. The second-order valence-corrected chi connectivity index (χ2v) is 18.0. The lowest BCUT2D eigenvalue weighted by molar-refractivity contribution is 0.660. The number of benzene rings is 9. The van der Waals surface area contributed by atoms with E-state index in [1.165, 1.54) is 75.5 Å². The summed E-state index contributed by atoms with van der Waals surface area (Å²) < 4.78 is 2.59. The summed E-state index contributed by atoms with van der Waals surface area (Å²) in [6.07, 6.45) is 0. The summed E-state index contributed by atoms with van der Waals surface area (Å²) in [5.41, 5.74) is 17.2. The topological polar surface area (TPSA) is 25.8 Å². The molecule has 0 spiro atoms. The summed E-state index contributed by atoms with van der Waals surface area (Å²) in [5, 5.41) is 5.03. The van der Waals surface area contributed by atoms with Gasteiger partial charge in [-0.25, -0.2) is 9.97 Å². The van der Waals surface area contributed by atoms with Crippen LogP contribution in [0.2, 0.25) is 0 Å². The molecular weight excluding hydrogens is 769 g/mol. The predicted molar refractivity (Wildman–Crippen MR) is 263 cm³/mol. The molecule has 9 aromatic carbocycles. The number of rotatable bonds is 6. The fourth-order valence-corrected chi connectivity index (χ4v) is 11.0. The van der Waals surface area contributed by atoms with E-state index in [1.807, 2.05) is 17.4 Å². The molecule has 0 saturated carbocycles. The number of fused-ring (bicyclic) bond motifs is 7. The molecule has 2 heterocycles. The summed E-state index contributed by atoms with van der Waals surface area (Å²) >= 11 is 1.87. The van der Waals surface area contributed by atoms with Gasteiger partial charge in [0.25, 0.3) is 0 Å². The van der Waals surface area contributed by atoms with Gasteiger partial charge in [0.1, 0.15) is 0 Å². The molecule has 0 aliphatic heterocycles. The van der Waals surface area contributed by atoms with Crippen LogP contribution in [0.1, 0.15) is 25.0 Å². The molecule has 292 valence electrons. The highest BCUT2D eigenvalue weighted by atomic mass is 32.1. The first-order valence-corrected chi connectivity index (χ1v) is 22.1. The van der Waals surface area contributed by atoms with Gasteiger partial charge in [-0.3, -0.25) is 0 Å². The van der Waals surface area contributed by atoms with E-state index in [0.717, 1.165) is 39.2 Å². The molecule has 12 rings (SSSR count). The largest absolute Gasteiger partial charge is 0.228 e. The number of hydrogen-bond donors (Lipinski definition) is 0. The van der Waals surface area contributed by atoms with Gasteiger partial charge in [0.05, 0.1) is 11.4 Å². The molecular formula is C59H40N2S. The first-order valence-electron chi connectivity index (χ1n) is 21.3. The summed E-state index contributed by atoms with van der Waals surface area (Å²) in [7, 11) is 0. The average molecular weight is 809 g/mol. The molecule has 1 aliphatic carbocycles. The first kappa shape index (κ1) is 36.4. The third kappa shape index (κ3) is 5.92. The molecule has 0 fully saturated rings. The molecule has 0 N–H and O–H groups in total. The van der Waals surface area contributed by atoms with E-state index in [4.69, 9.17) is 9.97 Å². The lowest BCUT2D eigenvalue weighted by atomic mass is 9.81. The Kier molecular flexibility index (Phi) is 8.41. The Morgan fingerprint density at radius 2 is 0.968 bits per heavy atom. The van der Waals surface area contributed by atoms with Crippen LogP contribution in [0.25, 0.3) is 109 Å². The van der Waals surface area contributed by atoms with E-state index < -0.39 is 0 Å². The number of hydrogen-bond acceptors (Lipinski definition) is 3. The van der Waals surface area contributed by atoms with E-state index in [0.29, 0.717) is 5.82 Å². The lowest BCUT2D eigenvalue weighted by Crippen LogP contribution is -2.15. The Hall–Kier alpha value is -7.46. The van der Waals surface area contributed by atoms with Crippen LogP contribution in [0.15, 0.2) is 206 Å². The Morgan fingerprint density at radius 3 is 1.79 bits per heavy atom. The molecule has 0 atom stereocenters. The third-order valence-corrected chi connectivity index (χ3v) is 14.1. The fraction of sp³-hybridized carbons (Fsp3) is 0.0508. The molecule has 2 aromatic heterocycles. The van der Waals surface area contributed by atoms with Crippen LogP contribution >= 0.6 is 11.3 Å². The van der Waals surface area contributed by atoms with Gasteiger partial charge < -0.3 is 0 Å². The van der Waals surface area contributed by atoms with Crippen molar-refractivity contribution in [3.8, 4) is 78.4 Å². The van der Waals surface area contributed by atoms with Gasteiger partial charge in [0.15, 0.2) is 5.82 Å². The SMILES string of the molecule is CC1(C)c2cc(-c3cc(-c4cc(-c5cccc6ccccc56)cc(-c5cccc6c5sc5ccccc56)c4)nc(-c4ccccc4)n3)ccc2-c2c(-c3ccccc3)cccc21. The van der Waals surface area contributed by atoms with Crippen molar-refractivity contribution in [1.82, 2.24) is 9.97 Å². The van der Waals surface area contributed by atoms with E-state index >= 15 is 0 Å². The molecule has 0 amide bonds. The maximum absolute atomic E-state index is 5.40. The molecule has 0 saturated heterocycles. The fourth-order valence-electron chi connectivity index (χ4n) is 9.80. The van der Waals surface area contributed by atoms with Crippen molar-refractivity contribution in [2.45, 2.75) is 19.3 Å². The molecule has 1 aliphatic rings. The van der Waals surface area contributed by atoms with Gasteiger partial charge in [-0.1, -0.05) is 184 Å². The molecule has 0 radical (unpaired) electrons. The van der Waals surface area contributed by atoms with Crippen LogP contribution in [0, 0.1) is 0 Å². The van der Waals surface area contributed by atoms with E-state index in [2.05, 4.69) is 214 Å². The minimum Gasteiger partial charge on any atom is -0.228 e. The number of nitrogens with zero attached hydrogens (tertiary/aromatic N) is 2. The van der Waals surface area contributed by atoms with Crippen LogP contribution in [0.4, 0.5) is 0 Å². The van der Waals surface area contributed by atoms with Crippen molar-refractivity contribution in [2.24, 2.45) is 0 Å². The zero-order valence-electron chi connectivity index (χ0n) is 34.4. The Labute approximate surface area is 365 Å². The quantitative estimate of drug-likeness (QED) is 0.167. The normalized spacial score (nSPS) is 12.8. The van der Waals surface area contributed by atoms with Crippen molar-refractivity contribution < 1.29 is 0 Å². The standard InChI is InChI=1S/C59H40N2S/c1-59(2)51-28-15-25-46(38-16-5-3-6-17-38)56(51)50-31-30-40(35-52(50)59)53-36-54(61-58(60-53)39-19-7-4-8-20-39)43-33-41(45-24-13-21-37-18-9-10-22-44(37)45)32-42(34-43)47-26-14-27-49-48-23-11-12-29-55(48)62-57(47)49/h3-36H,1-2H3. The highest BCUT2D eigenvalue weighted by Gasteiger charge is 2.37. The van der Waals surface area contributed by atoms with Crippen molar-refractivity contribution in [1.29, 1.82) is 0 Å². The van der Waals surface area contributed by atoms with Crippen LogP contribution < -0.4 is 0 Å². The van der Waals surface area contributed by atoms with Crippen LogP contribution in [0.5, 0.6) is 0 Å². The van der Waals surface area contributed by atoms with E-state index in [-0.39, 0.29) is 5.41 Å².